The van der Waals surface area contributed by atoms with Gasteiger partial charge in [0.05, 0.1) is 18.8 Å². The second-order valence-corrected chi connectivity index (χ2v) is 8.99. The number of aromatic nitrogens is 2. The molecule has 0 spiro atoms. The van der Waals surface area contributed by atoms with Gasteiger partial charge in [0.15, 0.2) is 5.82 Å². The number of hydrogen-bond donors (Lipinski definition) is 1. The molecule has 0 aromatic carbocycles. The first-order chi connectivity index (χ1) is 13.5. The molecule has 0 radical (unpaired) electrons. The predicted octanol–water partition coefficient (Wildman–Crippen LogP) is 2.38. The second-order valence-electron chi connectivity index (χ2n) is 8.99. The fraction of sp³-hybridized carbons (Fsp3) is 0.800. The minimum absolute atomic E-state index is 0.0753. The molecule has 2 bridgehead atoms. The Balaban J connectivity index is 1.22. The number of nitrogens with one attached hydrogen (secondary N) is 1. The van der Waals surface area contributed by atoms with Gasteiger partial charge >= 0.3 is 0 Å². The van der Waals surface area contributed by atoms with E-state index in [1.807, 2.05) is 9.58 Å². The monoisotopic (exact) mass is 393 g/mol. The van der Waals surface area contributed by atoms with Crippen LogP contribution < -0.4 is 10.2 Å². The minimum atomic E-state index is -2.53. The van der Waals surface area contributed by atoms with Crippen LogP contribution in [0.5, 0.6) is 0 Å². The highest BCUT2D eigenvalue weighted by atomic mass is 19.3. The Morgan fingerprint density at radius 1 is 1.14 bits per heavy atom. The zero-order valence-electron chi connectivity index (χ0n) is 16.2. The van der Waals surface area contributed by atoms with E-state index in [4.69, 9.17) is 5.10 Å². The standard InChI is InChI=1S/C20H29F2N5O/c21-20(22)5-3-14(4-6-20)9-19(28)25-7-8-26-17(13-25)10-18(24-26)27-15-1-2-16(27)12-23-11-15/h10,14-16,23H,1-9,11-13H2. The summed E-state index contributed by atoms with van der Waals surface area (Å²) in [5, 5.41) is 8.33. The van der Waals surface area contributed by atoms with Gasteiger partial charge in [-0.15, -0.1) is 0 Å². The quantitative estimate of drug-likeness (QED) is 0.857. The van der Waals surface area contributed by atoms with Gasteiger partial charge < -0.3 is 15.1 Å². The Bertz CT molecular complexity index is 725. The number of nitrogens with zero attached hydrogens (tertiary/aromatic N) is 4. The lowest BCUT2D eigenvalue weighted by atomic mass is 9.84. The molecule has 4 aliphatic rings. The molecule has 1 saturated carbocycles. The maximum absolute atomic E-state index is 13.3. The number of piperazine rings is 1. The Labute approximate surface area is 164 Å². The first-order valence-corrected chi connectivity index (χ1v) is 10.7. The van der Waals surface area contributed by atoms with Crippen LogP contribution in [0.4, 0.5) is 14.6 Å². The van der Waals surface area contributed by atoms with E-state index in [-0.39, 0.29) is 24.7 Å². The van der Waals surface area contributed by atoms with E-state index in [1.54, 1.807) is 0 Å². The molecule has 3 fully saturated rings. The van der Waals surface area contributed by atoms with Crippen LogP contribution in [0.3, 0.4) is 0 Å². The summed E-state index contributed by atoms with van der Waals surface area (Å²) < 4.78 is 28.7. The largest absolute Gasteiger partial charge is 0.347 e. The van der Waals surface area contributed by atoms with E-state index in [0.717, 1.165) is 24.6 Å². The molecule has 1 aromatic rings. The van der Waals surface area contributed by atoms with Crippen LogP contribution >= 0.6 is 0 Å². The minimum Gasteiger partial charge on any atom is -0.347 e. The first kappa shape index (κ1) is 18.3. The fourth-order valence-electron chi connectivity index (χ4n) is 5.42. The molecule has 3 aliphatic heterocycles. The van der Waals surface area contributed by atoms with Crippen LogP contribution in [0, 0.1) is 5.92 Å². The lowest BCUT2D eigenvalue weighted by Crippen LogP contribution is -2.52. The number of alkyl halides is 2. The van der Waals surface area contributed by atoms with Gasteiger partial charge in [-0.2, -0.15) is 5.10 Å². The van der Waals surface area contributed by atoms with Crippen LogP contribution in [0.1, 0.15) is 50.6 Å². The van der Waals surface area contributed by atoms with E-state index >= 15 is 0 Å². The summed E-state index contributed by atoms with van der Waals surface area (Å²) in [6.07, 6.45) is 3.60. The summed E-state index contributed by atoms with van der Waals surface area (Å²) in [5.41, 5.74) is 1.09. The van der Waals surface area contributed by atoms with Crippen LogP contribution in [0.2, 0.25) is 0 Å². The van der Waals surface area contributed by atoms with Crippen molar-refractivity contribution in [3.8, 4) is 0 Å². The normalized spacial score (nSPS) is 29.8. The number of carbonyl (C=O) groups excluding carboxylic acids is 1. The molecular weight excluding hydrogens is 364 g/mol. The molecule has 5 rings (SSSR count). The third-order valence-corrected chi connectivity index (χ3v) is 7.08. The second kappa shape index (κ2) is 6.97. The lowest BCUT2D eigenvalue weighted by Gasteiger charge is -2.35. The summed E-state index contributed by atoms with van der Waals surface area (Å²) in [6.45, 7) is 3.99. The molecule has 2 atom stereocenters. The van der Waals surface area contributed by atoms with Gasteiger partial charge in [-0.25, -0.2) is 8.78 Å². The summed E-state index contributed by atoms with van der Waals surface area (Å²) in [6, 6.07) is 3.20. The third kappa shape index (κ3) is 3.40. The van der Waals surface area contributed by atoms with Gasteiger partial charge in [0.1, 0.15) is 0 Å². The van der Waals surface area contributed by atoms with Crippen molar-refractivity contribution in [3.63, 3.8) is 0 Å². The van der Waals surface area contributed by atoms with Gasteiger partial charge in [-0.1, -0.05) is 0 Å². The van der Waals surface area contributed by atoms with E-state index in [1.165, 1.54) is 12.8 Å². The first-order valence-electron chi connectivity index (χ1n) is 10.7. The van der Waals surface area contributed by atoms with Crippen molar-refractivity contribution >= 4 is 11.7 Å². The third-order valence-electron chi connectivity index (χ3n) is 7.08. The van der Waals surface area contributed by atoms with E-state index in [9.17, 15) is 13.6 Å². The van der Waals surface area contributed by atoms with Crippen molar-refractivity contribution in [2.24, 2.45) is 5.92 Å². The fourth-order valence-corrected chi connectivity index (χ4v) is 5.42. The molecule has 2 unspecified atom stereocenters. The van der Waals surface area contributed by atoms with Gasteiger partial charge in [0.2, 0.25) is 11.8 Å². The molecule has 8 heteroatoms. The van der Waals surface area contributed by atoms with E-state index < -0.39 is 5.92 Å². The van der Waals surface area contributed by atoms with Crippen molar-refractivity contribution in [2.45, 2.75) is 76.0 Å². The highest BCUT2D eigenvalue weighted by molar-refractivity contribution is 5.76. The molecule has 1 N–H and O–H groups in total. The topological polar surface area (TPSA) is 53.4 Å². The van der Waals surface area contributed by atoms with E-state index in [0.29, 0.717) is 51.0 Å². The number of amides is 1. The van der Waals surface area contributed by atoms with Crippen LogP contribution in [-0.4, -0.2) is 58.2 Å². The molecule has 1 aromatic heterocycles. The molecule has 4 heterocycles. The Hall–Kier alpha value is -1.70. The number of halogens is 2. The average Bonchev–Trinajstić information content (AvgIpc) is 3.20. The van der Waals surface area contributed by atoms with Crippen molar-refractivity contribution < 1.29 is 13.6 Å². The Kier molecular flexibility index (Phi) is 4.56. The highest BCUT2D eigenvalue weighted by Crippen LogP contribution is 2.38. The van der Waals surface area contributed by atoms with E-state index in [2.05, 4.69) is 16.3 Å². The average molecular weight is 393 g/mol. The maximum atomic E-state index is 13.3. The number of hydrogen-bond acceptors (Lipinski definition) is 4. The van der Waals surface area contributed by atoms with Gasteiger partial charge in [0.25, 0.3) is 0 Å². The van der Waals surface area contributed by atoms with Crippen molar-refractivity contribution in [1.82, 2.24) is 20.0 Å². The maximum Gasteiger partial charge on any atom is 0.248 e. The highest BCUT2D eigenvalue weighted by Gasteiger charge is 2.39. The summed E-state index contributed by atoms with van der Waals surface area (Å²) >= 11 is 0. The summed E-state index contributed by atoms with van der Waals surface area (Å²) in [5.74, 6) is -1.28. The van der Waals surface area contributed by atoms with Crippen molar-refractivity contribution in [3.05, 3.63) is 11.8 Å². The van der Waals surface area contributed by atoms with Crippen molar-refractivity contribution in [2.75, 3.05) is 24.5 Å². The molecule has 1 aliphatic carbocycles. The van der Waals surface area contributed by atoms with Gasteiger partial charge in [-0.05, 0) is 31.6 Å². The molecule has 6 nitrogen and oxygen atoms in total. The lowest BCUT2D eigenvalue weighted by molar-refractivity contribution is -0.135. The van der Waals surface area contributed by atoms with Crippen LogP contribution in [0.25, 0.3) is 0 Å². The number of rotatable bonds is 3. The predicted molar refractivity (Wildman–Crippen MR) is 101 cm³/mol. The molecule has 28 heavy (non-hydrogen) atoms. The molecule has 154 valence electrons. The van der Waals surface area contributed by atoms with Gasteiger partial charge in [-0.3, -0.25) is 9.48 Å². The zero-order chi connectivity index (χ0) is 19.3. The molecule has 2 saturated heterocycles. The Morgan fingerprint density at radius 3 is 2.57 bits per heavy atom. The number of anilines is 1. The molecular formula is C20H29F2N5O. The van der Waals surface area contributed by atoms with Crippen LogP contribution in [0.15, 0.2) is 6.07 Å². The smallest absolute Gasteiger partial charge is 0.248 e. The van der Waals surface area contributed by atoms with Gasteiger partial charge in [0, 0.05) is 57.0 Å². The SMILES string of the molecule is O=C(CC1CCC(F)(F)CC1)N1CCn2nc(N3C4CCC3CNC4)cc2C1. The summed E-state index contributed by atoms with van der Waals surface area (Å²) in [4.78, 5) is 17.1. The summed E-state index contributed by atoms with van der Waals surface area (Å²) in [7, 11) is 0. The number of fused-ring (bicyclic) bond motifs is 3. The number of carbonyl (C=O) groups is 1. The van der Waals surface area contributed by atoms with Crippen LogP contribution in [-0.2, 0) is 17.9 Å². The zero-order valence-corrected chi connectivity index (χ0v) is 16.2. The van der Waals surface area contributed by atoms with Crippen molar-refractivity contribution in [1.29, 1.82) is 0 Å². The Morgan fingerprint density at radius 2 is 1.86 bits per heavy atom. The molecule has 1 amide bonds.